The Morgan fingerprint density at radius 2 is 2.04 bits per heavy atom. The van der Waals surface area contributed by atoms with E-state index >= 15 is 0 Å². The number of methoxy groups -OCH3 is 1. The summed E-state index contributed by atoms with van der Waals surface area (Å²) in [5.41, 5.74) is 2.01. The molecule has 0 amide bonds. The van der Waals surface area contributed by atoms with Crippen LogP contribution in [-0.4, -0.2) is 44.5 Å². The van der Waals surface area contributed by atoms with Crippen LogP contribution in [0, 0.1) is 5.92 Å². The van der Waals surface area contributed by atoms with E-state index in [-0.39, 0.29) is 16.7 Å². The van der Waals surface area contributed by atoms with Crippen molar-refractivity contribution in [1.29, 1.82) is 0 Å². The minimum absolute atomic E-state index is 0.215. The van der Waals surface area contributed by atoms with Crippen LogP contribution in [0.4, 0.5) is 0 Å². The Morgan fingerprint density at radius 1 is 1.20 bits per heavy atom. The van der Waals surface area contributed by atoms with Gasteiger partial charge in [0.1, 0.15) is 10.6 Å². The van der Waals surface area contributed by atoms with Crippen LogP contribution in [0.1, 0.15) is 17.2 Å². The molecular weight excluding hydrogens is 338 g/mol. The van der Waals surface area contributed by atoms with Gasteiger partial charge < -0.3 is 10.1 Å². The Bertz CT molecular complexity index is 885. The summed E-state index contributed by atoms with van der Waals surface area (Å²) in [5, 5.41) is 3.38. The van der Waals surface area contributed by atoms with Gasteiger partial charge in [-0.15, -0.1) is 0 Å². The number of rotatable bonds is 3. The van der Waals surface area contributed by atoms with Crippen LogP contribution in [0.15, 0.2) is 47.5 Å². The van der Waals surface area contributed by atoms with Gasteiger partial charge in [-0.05, 0) is 36.2 Å². The highest BCUT2D eigenvalue weighted by atomic mass is 32.2. The third-order valence-electron chi connectivity index (χ3n) is 5.09. The minimum Gasteiger partial charge on any atom is -0.495 e. The van der Waals surface area contributed by atoms with Gasteiger partial charge in [-0.1, -0.05) is 18.2 Å². The van der Waals surface area contributed by atoms with E-state index in [0.717, 1.165) is 24.3 Å². The maximum atomic E-state index is 13.3. The molecule has 0 radical (unpaired) electrons. The van der Waals surface area contributed by atoms with Gasteiger partial charge >= 0.3 is 0 Å². The molecule has 2 aliphatic heterocycles. The second-order valence-corrected chi connectivity index (χ2v) is 8.43. The van der Waals surface area contributed by atoms with Crippen LogP contribution in [0.2, 0.25) is 0 Å². The number of nitrogens with one attached hydrogen (secondary N) is 1. The quantitative estimate of drug-likeness (QED) is 0.901. The van der Waals surface area contributed by atoms with Crippen molar-refractivity contribution in [2.75, 3.05) is 26.7 Å². The SMILES string of the molecule is COc1ccccc1S(=O)(=O)N1Cc2cccnc2[C@H]2CNC[C@@H]2C1. The molecule has 2 aromatic rings. The summed E-state index contributed by atoms with van der Waals surface area (Å²) < 4.78 is 33.5. The molecule has 6 nitrogen and oxygen atoms in total. The fraction of sp³-hybridized carbons (Fsp3) is 0.389. The highest BCUT2D eigenvalue weighted by molar-refractivity contribution is 7.89. The number of nitrogens with zero attached hydrogens (tertiary/aromatic N) is 2. The highest BCUT2D eigenvalue weighted by Gasteiger charge is 2.39. The van der Waals surface area contributed by atoms with E-state index in [9.17, 15) is 8.42 Å². The zero-order chi connectivity index (χ0) is 17.4. The first-order valence-electron chi connectivity index (χ1n) is 8.39. The van der Waals surface area contributed by atoms with Crippen molar-refractivity contribution in [1.82, 2.24) is 14.6 Å². The summed E-state index contributed by atoms with van der Waals surface area (Å²) in [5.74, 6) is 0.856. The molecule has 25 heavy (non-hydrogen) atoms. The number of aromatic nitrogens is 1. The van der Waals surface area contributed by atoms with E-state index in [1.54, 1.807) is 34.8 Å². The molecule has 2 aliphatic rings. The first-order valence-corrected chi connectivity index (χ1v) is 9.83. The predicted octanol–water partition coefficient (Wildman–Crippen LogP) is 1.60. The van der Waals surface area contributed by atoms with Crippen LogP contribution in [0.3, 0.4) is 0 Å². The fourth-order valence-electron chi connectivity index (χ4n) is 3.83. The zero-order valence-corrected chi connectivity index (χ0v) is 14.9. The van der Waals surface area contributed by atoms with Gasteiger partial charge in [0, 0.05) is 37.4 Å². The molecule has 1 saturated heterocycles. The van der Waals surface area contributed by atoms with Gasteiger partial charge in [-0.3, -0.25) is 4.98 Å². The molecule has 0 bridgehead atoms. The van der Waals surface area contributed by atoms with Crippen molar-refractivity contribution >= 4 is 10.0 Å². The average molecular weight is 359 g/mol. The van der Waals surface area contributed by atoms with E-state index in [1.807, 2.05) is 12.1 Å². The molecule has 7 heteroatoms. The number of pyridine rings is 1. The van der Waals surface area contributed by atoms with Gasteiger partial charge in [0.2, 0.25) is 10.0 Å². The van der Waals surface area contributed by atoms with Crippen molar-refractivity contribution in [3.8, 4) is 5.75 Å². The Hall–Kier alpha value is -1.96. The Kier molecular flexibility index (Phi) is 4.23. The van der Waals surface area contributed by atoms with Crippen molar-refractivity contribution in [2.24, 2.45) is 5.92 Å². The van der Waals surface area contributed by atoms with Gasteiger partial charge in [0.15, 0.2) is 0 Å². The first-order chi connectivity index (χ1) is 12.1. The van der Waals surface area contributed by atoms with Crippen LogP contribution < -0.4 is 10.1 Å². The summed E-state index contributed by atoms with van der Waals surface area (Å²) in [4.78, 5) is 4.77. The van der Waals surface area contributed by atoms with Crippen molar-refractivity contribution < 1.29 is 13.2 Å². The van der Waals surface area contributed by atoms with Crippen LogP contribution in [-0.2, 0) is 16.6 Å². The monoisotopic (exact) mass is 359 g/mol. The van der Waals surface area contributed by atoms with Gasteiger partial charge in [0.05, 0.1) is 7.11 Å². The number of benzene rings is 1. The normalized spacial score (nSPS) is 23.6. The molecular formula is C18H21N3O3S. The highest BCUT2D eigenvalue weighted by Crippen LogP contribution is 2.36. The smallest absolute Gasteiger partial charge is 0.247 e. The number of hydrogen-bond donors (Lipinski definition) is 1. The zero-order valence-electron chi connectivity index (χ0n) is 14.1. The third kappa shape index (κ3) is 2.82. The summed E-state index contributed by atoms with van der Waals surface area (Å²) in [6.07, 6.45) is 1.79. The second-order valence-electron chi connectivity index (χ2n) is 6.52. The molecule has 2 atom stereocenters. The lowest BCUT2D eigenvalue weighted by atomic mass is 9.91. The summed E-state index contributed by atoms with van der Waals surface area (Å²) in [6.45, 7) is 2.47. The van der Waals surface area contributed by atoms with E-state index in [1.165, 1.54) is 7.11 Å². The van der Waals surface area contributed by atoms with E-state index in [4.69, 9.17) is 4.74 Å². The Balaban J connectivity index is 1.78. The molecule has 132 valence electrons. The second kappa shape index (κ2) is 6.40. The Morgan fingerprint density at radius 3 is 2.88 bits per heavy atom. The van der Waals surface area contributed by atoms with Gasteiger partial charge in [-0.25, -0.2) is 8.42 Å². The van der Waals surface area contributed by atoms with Crippen LogP contribution >= 0.6 is 0 Å². The molecule has 0 spiro atoms. The Labute approximate surface area is 147 Å². The molecule has 0 aliphatic carbocycles. The lowest BCUT2D eigenvalue weighted by molar-refractivity contribution is 0.345. The fourth-order valence-corrected chi connectivity index (χ4v) is 5.46. The summed E-state index contributed by atoms with van der Waals surface area (Å²) in [6, 6.07) is 10.6. The minimum atomic E-state index is -3.66. The van der Waals surface area contributed by atoms with Crippen LogP contribution in [0.5, 0.6) is 5.75 Å². The lowest BCUT2D eigenvalue weighted by Gasteiger charge is -2.24. The van der Waals surface area contributed by atoms with Gasteiger partial charge in [0.25, 0.3) is 0 Å². The maximum absolute atomic E-state index is 13.3. The largest absolute Gasteiger partial charge is 0.495 e. The van der Waals surface area contributed by atoms with Crippen molar-refractivity contribution in [2.45, 2.75) is 17.4 Å². The predicted molar refractivity (Wildman–Crippen MR) is 93.9 cm³/mol. The first kappa shape index (κ1) is 16.5. The number of para-hydroxylation sites is 1. The van der Waals surface area contributed by atoms with E-state index in [2.05, 4.69) is 10.3 Å². The molecule has 1 N–H and O–H groups in total. The topological polar surface area (TPSA) is 71.5 Å². The van der Waals surface area contributed by atoms with Gasteiger partial charge in [-0.2, -0.15) is 4.31 Å². The standard InChI is InChI=1S/C18H21N3O3S/c1-24-16-6-2-3-7-17(16)25(22,23)21-11-13-5-4-8-20-18(13)15-10-19-9-14(15)12-21/h2-8,14-15,19H,9-12H2,1H3/t14-,15+/m1/s1. The van der Waals surface area contributed by atoms with E-state index < -0.39 is 10.0 Å². The number of ether oxygens (including phenoxy) is 1. The molecule has 3 heterocycles. The van der Waals surface area contributed by atoms with Crippen molar-refractivity contribution in [3.63, 3.8) is 0 Å². The number of sulfonamides is 1. The van der Waals surface area contributed by atoms with Crippen LogP contribution in [0.25, 0.3) is 0 Å². The molecule has 1 aromatic carbocycles. The average Bonchev–Trinajstić information content (AvgIpc) is 3.03. The number of hydrogen-bond acceptors (Lipinski definition) is 5. The number of fused-ring (bicyclic) bond motifs is 3. The van der Waals surface area contributed by atoms with E-state index in [0.29, 0.717) is 18.8 Å². The third-order valence-corrected chi connectivity index (χ3v) is 6.94. The summed E-state index contributed by atoms with van der Waals surface area (Å²) >= 11 is 0. The lowest BCUT2D eigenvalue weighted by Crippen LogP contribution is -2.35. The molecule has 1 aromatic heterocycles. The maximum Gasteiger partial charge on any atom is 0.247 e. The summed E-state index contributed by atoms with van der Waals surface area (Å²) in [7, 11) is -2.16. The molecule has 1 fully saturated rings. The molecule has 0 saturated carbocycles. The molecule has 0 unspecified atom stereocenters. The molecule has 4 rings (SSSR count). The van der Waals surface area contributed by atoms with Crippen molar-refractivity contribution in [3.05, 3.63) is 53.9 Å².